The Morgan fingerprint density at radius 3 is 2.02 bits per heavy atom. The molecular formula is C30H59N5O15. The second-order valence-electron chi connectivity index (χ2n) is 13.8. The number of hydrogen-bond acceptors (Lipinski definition) is 20. The third kappa shape index (κ3) is 10.2. The van der Waals surface area contributed by atoms with Crippen molar-refractivity contribution in [2.24, 2.45) is 28.9 Å². The third-order valence-electron chi connectivity index (χ3n) is 10.0. The average molecular weight is 730 g/mol. The van der Waals surface area contributed by atoms with Gasteiger partial charge in [0.25, 0.3) is 0 Å². The van der Waals surface area contributed by atoms with Crippen LogP contribution in [0.3, 0.4) is 0 Å². The van der Waals surface area contributed by atoms with Gasteiger partial charge in [0.1, 0.15) is 48.8 Å². The molecule has 4 fully saturated rings. The highest BCUT2D eigenvalue weighted by molar-refractivity contribution is 5.00. The summed E-state index contributed by atoms with van der Waals surface area (Å²) < 4.78 is 36.1. The summed E-state index contributed by atoms with van der Waals surface area (Å²) in [6.07, 6.45) is -15.9. The quantitative estimate of drug-likeness (QED) is 0.0661. The standard InChI is InChI=1S/C30H59N5O15/c31-6-18-22(42)23(43)20(34)29(46-18)49-26-19(11-38)47-30(24(26)44)50-27-21(41)12(1-2-13(39)9-36)5-17(33)25(27)48-28-16(32)4-3-15(45-28)8-35-7-14(40)10-37/h12-30,35-44H,1-11,31-34H2/t12-,13?,14?,15+,16-,17+,18+,19-,20-,21+,22-,23-,24-,25-,26-,27-,28-,29-,30+/m1/s1. The molecule has 1 saturated carbocycles. The van der Waals surface area contributed by atoms with Crippen LogP contribution in [0.2, 0.25) is 0 Å². The molecule has 3 heterocycles. The molecule has 2 unspecified atom stereocenters. The highest BCUT2D eigenvalue weighted by Crippen LogP contribution is 2.37. The molecule has 50 heavy (non-hydrogen) atoms. The van der Waals surface area contributed by atoms with E-state index in [1.54, 1.807) is 0 Å². The molecule has 0 aromatic carbocycles. The van der Waals surface area contributed by atoms with Crippen molar-refractivity contribution in [2.75, 3.05) is 39.5 Å². The Morgan fingerprint density at radius 2 is 1.36 bits per heavy atom. The van der Waals surface area contributed by atoms with Crippen LogP contribution >= 0.6 is 0 Å². The summed E-state index contributed by atoms with van der Waals surface area (Å²) in [5.74, 6) is -0.527. The fourth-order valence-electron chi connectivity index (χ4n) is 6.95. The predicted molar refractivity (Wildman–Crippen MR) is 170 cm³/mol. The fraction of sp³-hybridized carbons (Fsp3) is 1.00. The van der Waals surface area contributed by atoms with Gasteiger partial charge in [0.2, 0.25) is 0 Å². The van der Waals surface area contributed by atoms with Gasteiger partial charge < -0.3 is 103 Å². The zero-order chi connectivity index (χ0) is 36.7. The van der Waals surface area contributed by atoms with Crippen LogP contribution in [0, 0.1) is 5.92 Å². The summed E-state index contributed by atoms with van der Waals surface area (Å²) in [5, 5.41) is 94.8. The van der Waals surface area contributed by atoms with Crippen molar-refractivity contribution < 1.29 is 74.4 Å². The molecule has 3 saturated heterocycles. The van der Waals surface area contributed by atoms with Gasteiger partial charge >= 0.3 is 0 Å². The van der Waals surface area contributed by atoms with Gasteiger partial charge in [-0.3, -0.25) is 0 Å². The zero-order valence-electron chi connectivity index (χ0n) is 28.0. The number of ether oxygens (including phenoxy) is 6. The molecule has 1 aliphatic carbocycles. The Hall–Kier alpha value is -0.800. The third-order valence-corrected chi connectivity index (χ3v) is 10.0. The number of hydrogen-bond donors (Lipinski definition) is 14. The van der Waals surface area contributed by atoms with Gasteiger partial charge in [-0.15, -0.1) is 0 Å². The minimum Gasteiger partial charge on any atom is -0.394 e. The van der Waals surface area contributed by atoms with E-state index in [9.17, 15) is 40.9 Å². The van der Waals surface area contributed by atoms with E-state index in [2.05, 4.69) is 5.32 Å². The Kier molecular flexibility index (Phi) is 16.4. The van der Waals surface area contributed by atoms with Crippen molar-refractivity contribution in [2.45, 2.75) is 142 Å². The topological polar surface area (TPSA) is 354 Å². The second kappa shape index (κ2) is 19.5. The lowest BCUT2D eigenvalue weighted by atomic mass is 9.77. The predicted octanol–water partition coefficient (Wildman–Crippen LogP) is -7.43. The first-order chi connectivity index (χ1) is 23.8. The molecule has 4 aliphatic rings. The molecule has 0 radical (unpaired) electrons. The summed E-state index contributed by atoms with van der Waals surface area (Å²) >= 11 is 0. The summed E-state index contributed by atoms with van der Waals surface area (Å²) in [6, 6.07) is -2.58. The molecule has 0 aromatic rings. The molecule has 18 N–H and O–H groups in total. The molecule has 0 spiro atoms. The van der Waals surface area contributed by atoms with Gasteiger partial charge in [-0.25, -0.2) is 0 Å². The van der Waals surface area contributed by atoms with Crippen LogP contribution in [0.1, 0.15) is 32.1 Å². The van der Waals surface area contributed by atoms with E-state index < -0.39 is 130 Å². The van der Waals surface area contributed by atoms with Crippen LogP contribution in [-0.2, 0) is 28.4 Å². The SMILES string of the molecule is NC[C@@H]1O[C@H](O[C@H]2[C@@H](O)[C@H](O[C@@H]3[C@@H](O)[C@H](CCC(O)CO)C[C@H](N)[C@H]3O[C@H]3O[C@H](CNCC(O)CO)CC[C@H]3N)O[C@@H]2CO)[C@H](N)[C@@H](O)[C@@H]1O. The maximum absolute atomic E-state index is 11.6. The lowest BCUT2D eigenvalue weighted by molar-refractivity contribution is -0.292. The lowest BCUT2D eigenvalue weighted by Crippen LogP contribution is -2.64. The van der Waals surface area contributed by atoms with Gasteiger partial charge in [0, 0.05) is 25.7 Å². The van der Waals surface area contributed by atoms with Gasteiger partial charge in [-0.1, -0.05) is 0 Å². The van der Waals surface area contributed by atoms with E-state index in [0.29, 0.717) is 19.4 Å². The normalized spacial score (nSPS) is 45.4. The first kappa shape index (κ1) is 41.9. The summed E-state index contributed by atoms with van der Waals surface area (Å²) in [5.41, 5.74) is 24.7. The number of nitrogens with two attached hydrogens (primary N) is 4. The maximum atomic E-state index is 11.6. The average Bonchev–Trinajstić information content (AvgIpc) is 3.40. The van der Waals surface area contributed by atoms with Gasteiger partial charge in [0.05, 0.1) is 56.3 Å². The molecule has 20 nitrogen and oxygen atoms in total. The first-order valence-electron chi connectivity index (χ1n) is 17.3. The molecule has 0 bridgehead atoms. The van der Waals surface area contributed by atoms with E-state index in [0.717, 1.165) is 0 Å². The minimum atomic E-state index is -1.60. The van der Waals surface area contributed by atoms with Crippen molar-refractivity contribution in [1.29, 1.82) is 0 Å². The highest BCUT2D eigenvalue weighted by atomic mass is 16.8. The largest absolute Gasteiger partial charge is 0.394 e. The number of aliphatic hydroxyl groups is 9. The van der Waals surface area contributed by atoms with Crippen LogP contribution in [-0.4, -0.2) is 196 Å². The van der Waals surface area contributed by atoms with E-state index in [1.165, 1.54) is 0 Å². The Bertz CT molecular complexity index is 997. The zero-order valence-corrected chi connectivity index (χ0v) is 28.0. The molecule has 294 valence electrons. The van der Waals surface area contributed by atoms with Crippen LogP contribution in [0.4, 0.5) is 0 Å². The van der Waals surface area contributed by atoms with Crippen LogP contribution in [0.25, 0.3) is 0 Å². The van der Waals surface area contributed by atoms with E-state index in [-0.39, 0.29) is 38.5 Å². The van der Waals surface area contributed by atoms with Gasteiger partial charge in [-0.05, 0) is 38.0 Å². The minimum absolute atomic E-state index is 0.147. The van der Waals surface area contributed by atoms with Crippen molar-refractivity contribution in [3.05, 3.63) is 0 Å². The molecule has 20 heteroatoms. The first-order valence-corrected chi connectivity index (χ1v) is 17.3. The maximum Gasteiger partial charge on any atom is 0.187 e. The number of nitrogens with one attached hydrogen (secondary N) is 1. The van der Waals surface area contributed by atoms with Gasteiger partial charge in [0.15, 0.2) is 18.9 Å². The van der Waals surface area contributed by atoms with Crippen molar-refractivity contribution >= 4 is 0 Å². The van der Waals surface area contributed by atoms with Gasteiger partial charge in [-0.2, -0.15) is 0 Å². The molecule has 0 aromatic heterocycles. The van der Waals surface area contributed by atoms with E-state index >= 15 is 0 Å². The van der Waals surface area contributed by atoms with Crippen LogP contribution in [0.15, 0.2) is 0 Å². The Balaban J connectivity index is 1.50. The molecule has 3 aliphatic heterocycles. The van der Waals surface area contributed by atoms with Crippen LogP contribution < -0.4 is 28.3 Å². The molecule has 0 amide bonds. The Morgan fingerprint density at radius 1 is 0.700 bits per heavy atom. The summed E-state index contributed by atoms with van der Waals surface area (Å²) in [4.78, 5) is 0. The molecular weight excluding hydrogens is 670 g/mol. The Labute approximate surface area is 290 Å². The van der Waals surface area contributed by atoms with E-state index in [1.807, 2.05) is 0 Å². The monoisotopic (exact) mass is 729 g/mol. The highest BCUT2D eigenvalue weighted by Gasteiger charge is 2.54. The fourth-order valence-corrected chi connectivity index (χ4v) is 6.95. The van der Waals surface area contributed by atoms with Crippen molar-refractivity contribution in [3.63, 3.8) is 0 Å². The smallest absolute Gasteiger partial charge is 0.187 e. The lowest BCUT2D eigenvalue weighted by Gasteiger charge is -2.47. The summed E-state index contributed by atoms with van der Waals surface area (Å²) in [6.45, 7) is -1.18. The number of rotatable bonds is 17. The van der Waals surface area contributed by atoms with Crippen molar-refractivity contribution in [1.82, 2.24) is 5.32 Å². The molecule has 4 rings (SSSR count). The summed E-state index contributed by atoms with van der Waals surface area (Å²) in [7, 11) is 0. The van der Waals surface area contributed by atoms with E-state index in [4.69, 9.17) is 56.5 Å². The van der Waals surface area contributed by atoms with Crippen LogP contribution in [0.5, 0.6) is 0 Å². The second-order valence-corrected chi connectivity index (χ2v) is 13.8. The number of aliphatic hydroxyl groups excluding tert-OH is 9. The molecule has 19 atom stereocenters. The van der Waals surface area contributed by atoms with Crippen molar-refractivity contribution in [3.8, 4) is 0 Å².